The lowest BCUT2D eigenvalue weighted by atomic mass is 10.2. The van der Waals surface area contributed by atoms with Crippen LogP contribution in [0.15, 0.2) is 12.4 Å². The van der Waals surface area contributed by atoms with E-state index in [0.717, 1.165) is 38.5 Å². The molecule has 0 aromatic carbocycles. The monoisotopic (exact) mass is 195 g/mol. The molecule has 1 aromatic heterocycles. The third-order valence-corrected chi connectivity index (χ3v) is 2.64. The summed E-state index contributed by atoms with van der Waals surface area (Å²) in [5.41, 5.74) is 0. The highest BCUT2D eigenvalue weighted by Crippen LogP contribution is 2.02. The number of rotatable bonds is 4. The van der Waals surface area contributed by atoms with E-state index in [4.69, 9.17) is 4.74 Å². The van der Waals surface area contributed by atoms with Gasteiger partial charge in [0.15, 0.2) is 0 Å². The van der Waals surface area contributed by atoms with Crippen molar-refractivity contribution in [1.29, 1.82) is 0 Å². The molecule has 2 heterocycles. The molecule has 1 aliphatic rings. The molecule has 4 nitrogen and oxygen atoms in total. The highest BCUT2D eigenvalue weighted by molar-refractivity contribution is 4.88. The predicted octanol–water partition coefficient (Wildman–Crippen LogP) is 0.570. The minimum absolute atomic E-state index is 0.554. The molecule has 0 aliphatic carbocycles. The fourth-order valence-electron chi connectivity index (χ4n) is 1.72. The summed E-state index contributed by atoms with van der Waals surface area (Å²) in [6.45, 7) is 5.77. The number of imidazole rings is 1. The Morgan fingerprint density at radius 3 is 3.29 bits per heavy atom. The molecule has 78 valence electrons. The maximum atomic E-state index is 5.29. The summed E-state index contributed by atoms with van der Waals surface area (Å²) in [6, 6.07) is 0.554. The van der Waals surface area contributed by atoms with Gasteiger partial charge in [0.1, 0.15) is 5.82 Å². The van der Waals surface area contributed by atoms with Gasteiger partial charge in [-0.3, -0.25) is 0 Å². The second-order valence-corrected chi connectivity index (χ2v) is 3.68. The van der Waals surface area contributed by atoms with Crippen molar-refractivity contribution in [1.82, 2.24) is 14.9 Å². The molecule has 1 fully saturated rings. The van der Waals surface area contributed by atoms with Crippen LogP contribution < -0.4 is 5.32 Å². The average molecular weight is 195 g/mol. The highest BCUT2D eigenvalue weighted by atomic mass is 16.5. The van der Waals surface area contributed by atoms with Crippen molar-refractivity contribution in [3.63, 3.8) is 0 Å². The van der Waals surface area contributed by atoms with Crippen molar-refractivity contribution in [3.05, 3.63) is 18.2 Å². The third-order valence-electron chi connectivity index (χ3n) is 2.64. The second kappa shape index (κ2) is 4.57. The molecule has 1 saturated heterocycles. The van der Waals surface area contributed by atoms with Gasteiger partial charge < -0.3 is 14.6 Å². The van der Waals surface area contributed by atoms with E-state index in [1.165, 1.54) is 0 Å². The van der Waals surface area contributed by atoms with Gasteiger partial charge in [-0.2, -0.15) is 0 Å². The number of nitrogens with one attached hydrogen (secondary N) is 1. The van der Waals surface area contributed by atoms with Crippen LogP contribution in [0.5, 0.6) is 0 Å². The van der Waals surface area contributed by atoms with Crippen LogP contribution in [0.2, 0.25) is 0 Å². The smallest absolute Gasteiger partial charge is 0.105 e. The predicted molar refractivity (Wildman–Crippen MR) is 54.2 cm³/mol. The maximum absolute atomic E-state index is 5.29. The molecule has 2 rings (SSSR count). The van der Waals surface area contributed by atoms with E-state index in [-0.39, 0.29) is 0 Å². The largest absolute Gasteiger partial charge is 0.380 e. The number of ether oxygens (including phenoxy) is 1. The standard InChI is InChI=1S/C10H17N3O/c1-9-11-3-5-13(9)6-4-12-10-2-7-14-8-10/h3,5,10,12H,2,4,6-8H2,1H3. The molecule has 1 unspecified atom stereocenters. The van der Waals surface area contributed by atoms with E-state index >= 15 is 0 Å². The van der Waals surface area contributed by atoms with E-state index < -0.39 is 0 Å². The van der Waals surface area contributed by atoms with Crippen molar-refractivity contribution in [3.8, 4) is 0 Å². The van der Waals surface area contributed by atoms with Crippen molar-refractivity contribution in [2.45, 2.75) is 25.9 Å². The summed E-state index contributed by atoms with van der Waals surface area (Å²) in [7, 11) is 0. The van der Waals surface area contributed by atoms with Gasteiger partial charge in [0, 0.05) is 38.1 Å². The van der Waals surface area contributed by atoms with Gasteiger partial charge in [0.25, 0.3) is 0 Å². The Kier molecular flexibility index (Phi) is 3.16. The Bertz CT molecular complexity index is 279. The van der Waals surface area contributed by atoms with E-state index in [1.54, 1.807) is 0 Å². The zero-order valence-electron chi connectivity index (χ0n) is 8.57. The first kappa shape index (κ1) is 9.68. The number of hydrogen-bond donors (Lipinski definition) is 1. The zero-order chi connectivity index (χ0) is 9.80. The van der Waals surface area contributed by atoms with Crippen LogP contribution in [-0.4, -0.2) is 35.4 Å². The quantitative estimate of drug-likeness (QED) is 0.763. The fraction of sp³-hybridized carbons (Fsp3) is 0.700. The average Bonchev–Trinajstić information content (AvgIpc) is 2.78. The molecule has 0 radical (unpaired) electrons. The van der Waals surface area contributed by atoms with Crippen LogP contribution in [0.25, 0.3) is 0 Å². The molecule has 1 atom stereocenters. The molecule has 1 N–H and O–H groups in total. The Labute approximate surface area is 84.3 Å². The minimum atomic E-state index is 0.554. The van der Waals surface area contributed by atoms with Gasteiger partial charge in [-0.15, -0.1) is 0 Å². The topological polar surface area (TPSA) is 39.1 Å². The molecular formula is C10H17N3O. The lowest BCUT2D eigenvalue weighted by Crippen LogP contribution is -2.32. The number of nitrogens with zero attached hydrogens (tertiary/aromatic N) is 2. The summed E-state index contributed by atoms with van der Waals surface area (Å²) in [6.07, 6.45) is 5.00. The van der Waals surface area contributed by atoms with Gasteiger partial charge in [0.2, 0.25) is 0 Å². The zero-order valence-corrected chi connectivity index (χ0v) is 8.57. The van der Waals surface area contributed by atoms with E-state index in [9.17, 15) is 0 Å². The summed E-state index contributed by atoms with van der Waals surface area (Å²) in [5, 5.41) is 3.47. The highest BCUT2D eigenvalue weighted by Gasteiger charge is 2.13. The number of hydrogen-bond acceptors (Lipinski definition) is 3. The number of aryl methyl sites for hydroxylation is 1. The molecule has 0 spiro atoms. The van der Waals surface area contributed by atoms with Gasteiger partial charge in [0.05, 0.1) is 6.61 Å². The Hall–Kier alpha value is -0.870. The molecule has 0 bridgehead atoms. The molecule has 1 aromatic rings. The first-order valence-corrected chi connectivity index (χ1v) is 5.15. The Morgan fingerprint density at radius 1 is 1.71 bits per heavy atom. The van der Waals surface area contributed by atoms with Crippen LogP contribution in [0.4, 0.5) is 0 Å². The van der Waals surface area contributed by atoms with Crippen LogP contribution in [0, 0.1) is 6.92 Å². The van der Waals surface area contributed by atoms with Gasteiger partial charge in [-0.25, -0.2) is 4.98 Å². The van der Waals surface area contributed by atoms with Crippen molar-refractivity contribution in [2.24, 2.45) is 0 Å². The summed E-state index contributed by atoms with van der Waals surface area (Å²) in [5.74, 6) is 1.08. The molecule has 0 saturated carbocycles. The van der Waals surface area contributed by atoms with Crippen LogP contribution in [-0.2, 0) is 11.3 Å². The van der Waals surface area contributed by atoms with Gasteiger partial charge in [-0.1, -0.05) is 0 Å². The summed E-state index contributed by atoms with van der Waals surface area (Å²) < 4.78 is 7.44. The lowest BCUT2D eigenvalue weighted by molar-refractivity contribution is 0.190. The molecular weight excluding hydrogens is 178 g/mol. The van der Waals surface area contributed by atoms with E-state index in [1.807, 2.05) is 19.3 Å². The minimum Gasteiger partial charge on any atom is -0.380 e. The molecule has 1 aliphatic heterocycles. The SMILES string of the molecule is Cc1nccn1CCNC1CCOC1. The molecule has 14 heavy (non-hydrogen) atoms. The normalized spacial score (nSPS) is 21.6. The first-order valence-electron chi connectivity index (χ1n) is 5.15. The first-order chi connectivity index (χ1) is 6.86. The fourth-order valence-corrected chi connectivity index (χ4v) is 1.72. The van der Waals surface area contributed by atoms with Crippen molar-refractivity contribution < 1.29 is 4.74 Å². The van der Waals surface area contributed by atoms with Gasteiger partial charge in [-0.05, 0) is 13.3 Å². The van der Waals surface area contributed by atoms with E-state index in [0.29, 0.717) is 6.04 Å². The molecule has 4 heteroatoms. The second-order valence-electron chi connectivity index (χ2n) is 3.68. The van der Waals surface area contributed by atoms with Crippen molar-refractivity contribution in [2.75, 3.05) is 19.8 Å². The summed E-state index contributed by atoms with van der Waals surface area (Å²) >= 11 is 0. The third kappa shape index (κ3) is 2.33. The maximum Gasteiger partial charge on any atom is 0.105 e. The number of aromatic nitrogens is 2. The lowest BCUT2D eigenvalue weighted by Gasteiger charge is -2.11. The van der Waals surface area contributed by atoms with Crippen molar-refractivity contribution >= 4 is 0 Å². The van der Waals surface area contributed by atoms with E-state index in [2.05, 4.69) is 14.9 Å². The van der Waals surface area contributed by atoms with Gasteiger partial charge >= 0.3 is 0 Å². The van der Waals surface area contributed by atoms with Crippen LogP contribution in [0.1, 0.15) is 12.2 Å². The Morgan fingerprint density at radius 2 is 2.64 bits per heavy atom. The Balaban J connectivity index is 1.70. The summed E-state index contributed by atoms with van der Waals surface area (Å²) in [4.78, 5) is 4.18. The van der Waals surface area contributed by atoms with Crippen LogP contribution in [0.3, 0.4) is 0 Å². The molecule has 0 amide bonds. The van der Waals surface area contributed by atoms with Crippen LogP contribution >= 0.6 is 0 Å².